The van der Waals surface area contributed by atoms with Crippen LogP contribution in [-0.2, 0) is 0 Å². The lowest BCUT2D eigenvalue weighted by Gasteiger charge is -2.30. The summed E-state index contributed by atoms with van der Waals surface area (Å²) in [5, 5.41) is 0. The lowest BCUT2D eigenvalue weighted by atomic mass is 10.1. The molecule has 0 spiro atoms. The number of amides is 2. The highest BCUT2D eigenvalue weighted by molar-refractivity contribution is 5.95. The molecule has 3 heterocycles. The zero-order valence-corrected chi connectivity index (χ0v) is 11.5. The van der Waals surface area contributed by atoms with Crippen molar-refractivity contribution in [3.05, 3.63) is 35.8 Å². The van der Waals surface area contributed by atoms with Gasteiger partial charge in [-0.1, -0.05) is 6.07 Å². The molecular weight excluding hydrogens is 270 g/mol. The van der Waals surface area contributed by atoms with Crippen molar-refractivity contribution >= 4 is 17.5 Å². The van der Waals surface area contributed by atoms with Gasteiger partial charge in [0.2, 0.25) is 0 Å². The number of pyridine rings is 1. The number of fused-ring (bicyclic) bond motifs is 1. The summed E-state index contributed by atoms with van der Waals surface area (Å²) < 4.78 is 1.54. The van der Waals surface area contributed by atoms with E-state index < -0.39 is 5.91 Å². The first-order valence-electron chi connectivity index (χ1n) is 6.89. The van der Waals surface area contributed by atoms with Gasteiger partial charge in [-0.3, -0.25) is 14.0 Å². The number of carbonyl (C=O) groups is 2. The molecule has 7 nitrogen and oxygen atoms in total. The minimum atomic E-state index is -0.558. The average molecular weight is 287 g/mol. The summed E-state index contributed by atoms with van der Waals surface area (Å²) in [6.07, 6.45) is 3.38. The Morgan fingerprint density at radius 3 is 2.86 bits per heavy atom. The van der Waals surface area contributed by atoms with Gasteiger partial charge in [0.05, 0.1) is 0 Å². The first kappa shape index (κ1) is 13.6. The van der Waals surface area contributed by atoms with E-state index in [-0.39, 0.29) is 11.9 Å². The van der Waals surface area contributed by atoms with Crippen LogP contribution in [-0.4, -0.2) is 45.2 Å². The van der Waals surface area contributed by atoms with E-state index >= 15 is 0 Å². The van der Waals surface area contributed by atoms with Crippen LogP contribution in [0.1, 0.15) is 33.8 Å². The Labute approximate surface area is 121 Å². The number of hydrogen-bond acceptors (Lipinski definition) is 4. The van der Waals surface area contributed by atoms with E-state index in [1.54, 1.807) is 33.7 Å². The maximum atomic E-state index is 12.5. The molecule has 1 fully saturated rings. The molecule has 7 heteroatoms. The normalized spacial score (nSPS) is 18.9. The molecule has 1 atom stereocenters. The molecule has 21 heavy (non-hydrogen) atoms. The molecule has 0 saturated carbocycles. The summed E-state index contributed by atoms with van der Waals surface area (Å²) in [6.45, 7) is 1.22. The van der Waals surface area contributed by atoms with Gasteiger partial charge in [0.25, 0.3) is 11.8 Å². The molecule has 2 aromatic rings. The van der Waals surface area contributed by atoms with Gasteiger partial charge in [-0.25, -0.2) is 4.98 Å². The zero-order chi connectivity index (χ0) is 15.0. The van der Waals surface area contributed by atoms with Crippen LogP contribution in [0.15, 0.2) is 24.4 Å². The maximum absolute atomic E-state index is 12.5. The van der Waals surface area contributed by atoms with E-state index in [2.05, 4.69) is 4.98 Å². The Morgan fingerprint density at radius 1 is 1.33 bits per heavy atom. The third-order valence-corrected chi connectivity index (χ3v) is 3.71. The molecule has 110 valence electrons. The molecule has 1 saturated heterocycles. The maximum Gasteiger partial charge on any atom is 0.274 e. The van der Waals surface area contributed by atoms with Crippen molar-refractivity contribution in [1.29, 1.82) is 0 Å². The Morgan fingerprint density at radius 2 is 2.14 bits per heavy atom. The topological polar surface area (TPSA) is 107 Å². The lowest BCUT2D eigenvalue weighted by molar-refractivity contribution is 0.0703. The van der Waals surface area contributed by atoms with Crippen LogP contribution in [0.5, 0.6) is 0 Å². The molecule has 1 aliphatic heterocycles. The molecule has 2 aromatic heterocycles. The summed E-state index contributed by atoms with van der Waals surface area (Å²) >= 11 is 0. The average Bonchev–Trinajstić information content (AvgIpc) is 2.89. The minimum Gasteiger partial charge on any atom is -0.364 e. The molecule has 0 aromatic carbocycles. The summed E-state index contributed by atoms with van der Waals surface area (Å²) in [4.78, 5) is 29.9. The minimum absolute atomic E-state index is 0.0147. The lowest BCUT2D eigenvalue weighted by Crippen LogP contribution is -2.45. The molecule has 4 N–H and O–H groups in total. The van der Waals surface area contributed by atoms with Crippen molar-refractivity contribution in [2.75, 3.05) is 13.1 Å². The van der Waals surface area contributed by atoms with E-state index in [4.69, 9.17) is 11.5 Å². The van der Waals surface area contributed by atoms with Crippen molar-refractivity contribution < 1.29 is 9.59 Å². The molecular formula is C14H17N5O2. The van der Waals surface area contributed by atoms with Crippen LogP contribution in [0.25, 0.3) is 5.65 Å². The predicted molar refractivity (Wildman–Crippen MR) is 76.8 cm³/mol. The molecule has 2 amide bonds. The number of hydrogen-bond donors (Lipinski definition) is 2. The molecule has 1 unspecified atom stereocenters. The van der Waals surface area contributed by atoms with Crippen LogP contribution in [0.3, 0.4) is 0 Å². The van der Waals surface area contributed by atoms with Gasteiger partial charge in [-0.2, -0.15) is 0 Å². The van der Waals surface area contributed by atoms with Gasteiger partial charge >= 0.3 is 0 Å². The largest absolute Gasteiger partial charge is 0.364 e. The summed E-state index contributed by atoms with van der Waals surface area (Å²) in [7, 11) is 0. The van der Waals surface area contributed by atoms with E-state index in [9.17, 15) is 9.59 Å². The second kappa shape index (κ2) is 5.17. The van der Waals surface area contributed by atoms with Crippen LogP contribution in [0, 0.1) is 0 Å². The van der Waals surface area contributed by atoms with Crippen molar-refractivity contribution in [2.24, 2.45) is 11.5 Å². The van der Waals surface area contributed by atoms with Gasteiger partial charge in [-0.15, -0.1) is 0 Å². The second-order valence-corrected chi connectivity index (χ2v) is 5.28. The number of rotatable bonds is 2. The van der Waals surface area contributed by atoms with Crippen LogP contribution in [0.4, 0.5) is 0 Å². The number of nitrogens with two attached hydrogens (primary N) is 2. The quantitative estimate of drug-likeness (QED) is 0.810. The van der Waals surface area contributed by atoms with E-state index in [0.29, 0.717) is 30.1 Å². The fourth-order valence-corrected chi connectivity index (χ4v) is 2.67. The molecule has 0 aliphatic carbocycles. The van der Waals surface area contributed by atoms with Crippen LogP contribution < -0.4 is 11.5 Å². The van der Waals surface area contributed by atoms with Gasteiger partial charge in [0, 0.05) is 25.3 Å². The number of piperidine rings is 1. The molecule has 3 rings (SSSR count). The van der Waals surface area contributed by atoms with Crippen molar-refractivity contribution in [2.45, 2.75) is 18.9 Å². The van der Waals surface area contributed by atoms with E-state index in [1.165, 1.54) is 0 Å². The summed E-state index contributed by atoms with van der Waals surface area (Å²) in [6, 6.07) is 5.03. The van der Waals surface area contributed by atoms with Crippen molar-refractivity contribution in [3.8, 4) is 0 Å². The molecule has 1 aliphatic rings. The highest BCUT2D eigenvalue weighted by Gasteiger charge is 2.24. The fraction of sp³-hybridized carbons (Fsp3) is 0.357. The Balaban J connectivity index is 1.95. The molecule has 0 bridgehead atoms. The first-order chi connectivity index (χ1) is 10.1. The Bertz CT molecular complexity index is 708. The van der Waals surface area contributed by atoms with Gasteiger partial charge < -0.3 is 16.4 Å². The van der Waals surface area contributed by atoms with Gasteiger partial charge in [0.1, 0.15) is 17.0 Å². The van der Waals surface area contributed by atoms with Gasteiger partial charge in [-0.05, 0) is 25.0 Å². The Kier molecular flexibility index (Phi) is 3.34. The number of carbonyl (C=O) groups excluding carboxylic acids is 2. The fourth-order valence-electron chi connectivity index (χ4n) is 2.67. The van der Waals surface area contributed by atoms with Crippen LogP contribution >= 0.6 is 0 Å². The van der Waals surface area contributed by atoms with Gasteiger partial charge in [0.15, 0.2) is 0 Å². The SMILES string of the molecule is NC(=O)c1cccc2nc(C(=O)N3CCCC(N)C3)cn12. The first-order valence-corrected chi connectivity index (χ1v) is 6.89. The zero-order valence-electron chi connectivity index (χ0n) is 11.5. The number of primary amides is 1. The summed E-state index contributed by atoms with van der Waals surface area (Å²) in [5.41, 5.74) is 12.4. The van der Waals surface area contributed by atoms with E-state index in [0.717, 1.165) is 12.8 Å². The standard InChI is InChI=1S/C14H17N5O2/c15-9-3-2-6-18(7-9)14(21)10-8-19-11(13(16)20)4-1-5-12(19)17-10/h1,4-5,8-9H,2-3,6-7,15H2,(H2,16,20). The monoisotopic (exact) mass is 287 g/mol. The number of imidazole rings is 1. The Hall–Kier alpha value is -2.41. The number of aromatic nitrogens is 2. The summed E-state index contributed by atoms with van der Waals surface area (Å²) in [5.74, 6) is -0.721. The third kappa shape index (κ3) is 2.47. The second-order valence-electron chi connectivity index (χ2n) is 5.28. The third-order valence-electron chi connectivity index (χ3n) is 3.71. The smallest absolute Gasteiger partial charge is 0.274 e. The van der Waals surface area contributed by atoms with E-state index in [1.807, 2.05) is 0 Å². The highest BCUT2D eigenvalue weighted by atomic mass is 16.2. The van der Waals surface area contributed by atoms with Crippen LogP contribution in [0.2, 0.25) is 0 Å². The van der Waals surface area contributed by atoms with Crippen molar-refractivity contribution in [3.63, 3.8) is 0 Å². The predicted octanol–water partition coefficient (Wildman–Crippen LogP) is -0.00350. The van der Waals surface area contributed by atoms with Crippen molar-refractivity contribution in [1.82, 2.24) is 14.3 Å². The molecule has 0 radical (unpaired) electrons. The number of nitrogens with zero attached hydrogens (tertiary/aromatic N) is 3. The highest BCUT2D eigenvalue weighted by Crippen LogP contribution is 2.14. The number of likely N-dealkylation sites (tertiary alicyclic amines) is 1.